The number of fused-ring (bicyclic) bond motifs is 2. The number of aromatic nitrogens is 5. The van der Waals surface area contributed by atoms with Gasteiger partial charge in [0, 0.05) is 24.7 Å². The summed E-state index contributed by atoms with van der Waals surface area (Å²) in [7, 11) is 0. The zero-order valence-electron chi connectivity index (χ0n) is 19.1. The van der Waals surface area contributed by atoms with Gasteiger partial charge in [-0.2, -0.15) is 0 Å². The zero-order valence-corrected chi connectivity index (χ0v) is 19.1. The molecule has 1 amide bonds. The summed E-state index contributed by atoms with van der Waals surface area (Å²) in [6, 6.07) is 19.8. The van der Waals surface area contributed by atoms with Crippen LogP contribution in [-0.4, -0.2) is 56.9 Å². The molecule has 0 bridgehead atoms. The molecule has 1 saturated heterocycles. The van der Waals surface area contributed by atoms with Crippen molar-refractivity contribution in [3.8, 4) is 5.82 Å². The Morgan fingerprint density at radius 2 is 1.74 bits per heavy atom. The summed E-state index contributed by atoms with van der Waals surface area (Å²) in [5, 5.41) is 12.9. The van der Waals surface area contributed by atoms with Crippen LogP contribution in [0.25, 0.3) is 27.8 Å². The summed E-state index contributed by atoms with van der Waals surface area (Å²) >= 11 is 0. The second kappa shape index (κ2) is 9.19. The summed E-state index contributed by atoms with van der Waals surface area (Å²) < 4.78 is 7.41. The maximum absolute atomic E-state index is 12.8. The minimum absolute atomic E-state index is 0.0675. The normalized spacial score (nSPS) is 14.0. The van der Waals surface area contributed by atoms with Crippen molar-refractivity contribution in [3.63, 3.8) is 0 Å². The van der Waals surface area contributed by atoms with Gasteiger partial charge in [-0.3, -0.25) is 9.36 Å². The zero-order chi connectivity index (χ0) is 23.6. The number of nitrogens with one attached hydrogen (secondary N) is 2. The second-order valence-electron chi connectivity index (χ2n) is 8.54. The Bertz CT molecular complexity index is 1450. The van der Waals surface area contributed by atoms with E-state index in [1.165, 1.54) is 0 Å². The first-order valence-corrected chi connectivity index (χ1v) is 11.7. The number of morpholine rings is 1. The molecule has 2 N–H and O–H groups in total. The van der Waals surface area contributed by atoms with Crippen LogP contribution in [0, 0.1) is 0 Å². The molecule has 1 aliphatic heterocycles. The number of amides is 1. The summed E-state index contributed by atoms with van der Waals surface area (Å²) in [5.74, 6) is 2.23. The molecule has 3 aromatic heterocycles. The number of hydrogen-bond acceptors (Lipinski definition) is 6. The molecular formula is C26H25N7O2. The minimum Gasteiger partial charge on any atom is -0.378 e. The Balaban J connectivity index is 1.20. The highest BCUT2D eigenvalue weighted by atomic mass is 16.5. The number of hydrogen-bond donors (Lipinski definition) is 2. The van der Waals surface area contributed by atoms with Crippen molar-refractivity contribution in [2.75, 3.05) is 31.2 Å². The molecular weight excluding hydrogens is 442 g/mol. The Morgan fingerprint density at radius 3 is 2.57 bits per heavy atom. The van der Waals surface area contributed by atoms with Crippen LogP contribution >= 0.6 is 0 Å². The van der Waals surface area contributed by atoms with Crippen molar-refractivity contribution in [2.24, 2.45) is 0 Å². The Kier molecular flexibility index (Phi) is 5.59. The van der Waals surface area contributed by atoms with Gasteiger partial charge in [0.1, 0.15) is 5.82 Å². The number of H-pyrrole nitrogens is 1. The number of imidazole rings is 1. The molecule has 35 heavy (non-hydrogen) atoms. The van der Waals surface area contributed by atoms with Crippen molar-refractivity contribution in [1.29, 1.82) is 0 Å². The molecule has 1 fully saturated rings. The van der Waals surface area contributed by atoms with Crippen LogP contribution in [0.4, 0.5) is 5.82 Å². The van der Waals surface area contributed by atoms with Crippen molar-refractivity contribution in [2.45, 2.75) is 13.0 Å². The third kappa shape index (κ3) is 4.33. The second-order valence-corrected chi connectivity index (χ2v) is 8.54. The molecule has 0 aliphatic carbocycles. The van der Waals surface area contributed by atoms with E-state index in [0.717, 1.165) is 52.2 Å². The third-order valence-electron chi connectivity index (χ3n) is 6.26. The van der Waals surface area contributed by atoms with Crippen molar-refractivity contribution >= 4 is 33.7 Å². The molecule has 6 rings (SSSR count). The van der Waals surface area contributed by atoms with Crippen LogP contribution in [0.1, 0.15) is 11.4 Å². The van der Waals surface area contributed by atoms with Gasteiger partial charge in [-0.05, 0) is 35.9 Å². The van der Waals surface area contributed by atoms with E-state index >= 15 is 0 Å². The lowest BCUT2D eigenvalue weighted by Crippen LogP contribution is -2.36. The summed E-state index contributed by atoms with van der Waals surface area (Å²) in [6.45, 7) is 3.38. The first-order valence-electron chi connectivity index (χ1n) is 11.7. The molecule has 1 aliphatic rings. The van der Waals surface area contributed by atoms with E-state index in [-0.39, 0.29) is 12.3 Å². The van der Waals surface area contributed by atoms with Crippen molar-refractivity contribution in [1.82, 2.24) is 30.0 Å². The largest absolute Gasteiger partial charge is 0.378 e. The maximum Gasteiger partial charge on any atom is 0.224 e. The van der Waals surface area contributed by atoms with Gasteiger partial charge in [0.05, 0.1) is 42.7 Å². The fraction of sp³-hybridized carbons (Fsp3) is 0.231. The van der Waals surface area contributed by atoms with Crippen LogP contribution in [0.5, 0.6) is 0 Å². The first-order chi connectivity index (χ1) is 17.2. The number of nitrogens with zero attached hydrogens (tertiary/aromatic N) is 5. The van der Waals surface area contributed by atoms with Crippen LogP contribution in [0.15, 0.2) is 66.9 Å². The van der Waals surface area contributed by atoms with Crippen LogP contribution in [-0.2, 0) is 22.5 Å². The van der Waals surface area contributed by atoms with Crippen LogP contribution in [0.3, 0.4) is 0 Å². The van der Waals surface area contributed by atoms with E-state index in [0.29, 0.717) is 25.6 Å². The quantitative estimate of drug-likeness (QED) is 0.398. The van der Waals surface area contributed by atoms with Gasteiger partial charge in [-0.25, -0.2) is 4.98 Å². The molecule has 0 unspecified atom stereocenters. The lowest BCUT2D eigenvalue weighted by molar-refractivity contribution is -0.120. The van der Waals surface area contributed by atoms with Gasteiger partial charge in [0.25, 0.3) is 0 Å². The number of benzene rings is 2. The highest BCUT2D eigenvalue weighted by molar-refractivity contribution is 5.90. The minimum atomic E-state index is -0.0675. The molecule has 2 aromatic carbocycles. The SMILES string of the molecule is O=C(Cc1cn(-c2ccc(N3CCOCC3)nn2)c2ccccc12)NCc1nc2ccccc2[nH]1. The van der Waals surface area contributed by atoms with Gasteiger partial charge in [0.2, 0.25) is 5.91 Å². The standard InChI is InChI=1S/C26H25N7O2/c34-26(27-16-23-28-20-6-2-3-7-21(20)29-23)15-18-17-33(22-8-4-1-5-19(18)22)25-10-9-24(30-31-25)32-11-13-35-14-12-32/h1-10,17H,11-16H2,(H,27,34)(H,28,29). The van der Waals surface area contributed by atoms with Gasteiger partial charge in [-0.15, -0.1) is 10.2 Å². The molecule has 9 heteroatoms. The van der Waals surface area contributed by atoms with E-state index in [1.807, 2.05) is 71.4 Å². The van der Waals surface area contributed by atoms with E-state index in [2.05, 4.69) is 30.4 Å². The number of anilines is 1. The first kappa shape index (κ1) is 21.3. The average molecular weight is 468 g/mol. The van der Waals surface area contributed by atoms with E-state index in [9.17, 15) is 4.79 Å². The van der Waals surface area contributed by atoms with Gasteiger partial charge < -0.3 is 19.9 Å². The van der Waals surface area contributed by atoms with Gasteiger partial charge in [-0.1, -0.05) is 30.3 Å². The van der Waals surface area contributed by atoms with E-state index in [1.54, 1.807) is 0 Å². The highest BCUT2D eigenvalue weighted by Crippen LogP contribution is 2.25. The maximum atomic E-state index is 12.8. The number of carbonyl (C=O) groups is 1. The monoisotopic (exact) mass is 467 g/mol. The summed E-state index contributed by atoms with van der Waals surface area (Å²) in [4.78, 5) is 22.7. The lowest BCUT2D eigenvalue weighted by atomic mass is 10.1. The fourth-order valence-corrected chi connectivity index (χ4v) is 4.50. The van der Waals surface area contributed by atoms with Crippen molar-refractivity contribution in [3.05, 3.63) is 78.2 Å². The van der Waals surface area contributed by atoms with Crippen LogP contribution < -0.4 is 10.2 Å². The highest BCUT2D eigenvalue weighted by Gasteiger charge is 2.16. The van der Waals surface area contributed by atoms with Gasteiger partial charge >= 0.3 is 0 Å². The summed E-state index contributed by atoms with van der Waals surface area (Å²) in [6.07, 6.45) is 2.23. The molecule has 0 saturated carbocycles. The lowest BCUT2D eigenvalue weighted by Gasteiger charge is -2.27. The predicted octanol–water partition coefficient (Wildman–Crippen LogP) is 2.99. The Morgan fingerprint density at radius 1 is 0.971 bits per heavy atom. The molecule has 4 heterocycles. The van der Waals surface area contributed by atoms with Crippen molar-refractivity contribution < 1.29 is 9.53 Å². The third-order valence-corrected chi connectivity index (χ3v) is 6.26. The van der Waals surface area contributed by atoms with E-state index < -0.39 is 0 Å². The number of para-hydroxylation sites is 3. The smallest absolute Gasteiger partial charge is 0.224 e. The van der Waals surface area contributed by atoms with Gasteiger partial charge in [0.15, 0.2) is 11.6 Å². The molecule has 0 spiro atoms. The fourth-order valence-electron chi connectivity index (χ4n) is 4.50. The Labute approximate surface area is 201 Å². The Hall–Kier alpha value is -4.24. The average Bonchev–Trinajstić information content (AvgIpc) is 3.50. The number of carbonyl (C=O) groups excluding carboxylic acids is 1. The molecule has 176 valence electrons. The number of rotatable bonds is 6. The predicted molar refractivity (Wildman–Crippen MR) is 134 cm³/mol. The topological polar surface area (TPSA) is 101 Å². The van der Waals surface area contributed by atoms with E-state index in [4.69, 9.17) is 4.74 Å². The molecule has 0 atom stereocenters. The molecule has 9 nitrogen and oxygen atoms in total. The molecule has 0 radical (unpaired) electrons. The molecule has 5 aromatic rings. The summed E-state index contributed by atoms with van der Waals surface area (Å²) in [5.41, 5.74) is 3.77. The van der Waals surface area contributed by atoms with Crippen LogP contribution in [0.2, 0.25) is 0 Å². The number of aromatic amines is 1. The number of ether oxygens (including phenoxy) is 1.